The molecule has 1 fully saturated rings. The third-order valence-corrected chi connectivity index (χ3v) is 2.87. The first-order valence-electron chi connectivity index (χ1n) is 4.17. The summed E-state index contributed by atoms with van der Waals surface area (Å²) in [5.41, 5.74) is 2.57. The maximum atomic E-state index is 11.8. The van der Waals surface area contributed by atoms with Crippen LogP contribution in [0.4, 0.5) is 13.2 Å². The Morgan fingerprint density at radius 3 is 2.64 bits per heavy atom. The Morgan fingerprint density at radius 1 is 1.43 bits per heavy atom. The maximum absolute atomic E-state index is 11.8. The Balaban J connectivity index is 1.80. The van der Waals surface area contributed by atoms with Crippen molar-refractivity contribution < 1.29 is 17.9 Å². The first kappa shape index (κ1) is 9.92. The van der Waals surface area contributed by atoms with E-state index in [0.717, 1.165) is 5.69 Å². The molecule has 1 saturated carbocycles. The zero-order valence-corrected chi connectivity index (χ0v) is 7.94. The average molecular weight is 223 g/mol. The highest BCUT2D eigenvalue weighted by Crippen LogP contribution is 2.40. The topological polar surface area (TPSA) is 22.1 Å². The molecule has 0 N–H and O–H groups in total. The molecule has 0 saturated heterocycles. The zero-order valence-electron chi connectivity index (χ0n) is 7.12. The van der Waals surface area contributed by atoms with Crippen molar-refractivity contribution in [1.82, 2.24) is 4.98 Å². The standard InChI is InChI=1S/C8H8F3NOS/c9-8(10,11)13-6-1-5(2-6)7-3-14-4-12-7/h3-6H,1-2H2. The lowest BCUT2D eigenvalue weighted by atomic mass is 9.80. The summed E-state index contributed by atoms with van der Waals surface area (Å²) in [7, 11) is 0. The molecule has 0 bridgehead atoms. The fraction of sp³-hybridized carbons (Fsp3) is 0.625. The van der Waals surface area contributed by atoms with E-state index >= 15 is 0 Å². The van der Waals surface area contributed by atoms with Gasteiger partial charge in [0.15, 0.2) is 0 Å². The molecule has 0 radical (unpaired) electrons. The molecule has 1 aliphatic carbocycles. The van der Waals surface area contributed by atoms with Gasteiger partial charge in [-0.1, -0.05) is 0 Å². The fourth-order valence-corrected chi connectivity index (χ4v) is 2.15. The van der Waals surface area contributed by atoms with Gasteiger partial charge < -0.3 is 0 Å². The van der Waals surface area contributed by atoms with Crippen molar-refractivity contribution in [1.29, 1.82) is 0 Å². The summed E-state index contributed by atoms with van der Waals surface area (Å²) in [5.74, 6) is 0.147. The molecule has 0 aromatic carbocycles. The molecule has 0 spiro atoms. The van der Waals surface area contributed by atoms with Crippen molar-refractivity contribution in [2.24, 2.45) is 0 Å². The lowest BCUT2D eigenvalue weighted by Gasteiger charge is -2.34. The predicted molar refractivity (Wildman–Crippen MR) is 45.0 cm³/mol. The highest BCUT2D eigenvalue weighted by Gasteiger charge is 2.41. The van der Waals surface area contributed by atoms with E-state index in [1.807, 2.05) is 5.38 Å². The molecular formula is C8H8F3NOS. The van der Waals surface area contributed by atoms with Gasteiger partial charge in [0.05, 0.1) is 17.3 Å². The van der Waals surface area contributed by atoms with Gasteiger partial charge in [0.1, 0.15) is 0 Å². The SMILES string of the molecule is FC(F)(F)OC1CC(c2cscn2)C1. The van der Waals surface area contributed by atoms with E-state index in [2.05, 4.69) is 9.72 Å². The van der Waals surface area contributed by atoms with Gasteiger partial charge in [-0.15, -0.1) is 24.5 Å². The molecule has 0 atom stereocenters. The highest BCUT2D eigenvalue weighted by molar-refractivity contribution is 7.07. The zero-order chi connectivity index (χ0) is 10.2. The number of halogens is 3. The monoisotopic (exact) mass is 223 g/mol. The van der Waals surface area contributed by atoms with Crippen LogP contribution in [-0.2, 0) is 4.74 Å². The number of alkyl halides is 3. The molecule has 6 heteroatoms. The maximum Gasteiger partial charge on any atom is 0.522 e. The second-order valence-corrected chi connectivity index (χ2v) is 3.99. The summed E-state index contributed by atoms with van der Waals surface area (Å²) in [6.45, 7) is 0. The molecule has 14 heavy (non-hydrogen) atoms. The van der Waals surface area contributed by atoms with Crippen molar-refractivity contribution in [2.75, 3.05) is 0 Å². The first-order chi connectivity index (χ1) is 6.54. The third-order valence-electron chi connectivity index (χ3n) is 2.26. The van der Waals surface area contributed by atoms with Crippen molar-refractivity contribution >= 4 is 11.3 Å². The van der Waals surface area contributed by atoms with Crippen LogP contribution in [0.1, 0.15) is 24.5 Å². The van der Waals surface area contributed by atoms with Gasteiger partial charge in [-0.05, 0) is 12.8 Å². The van der Waals surface area contributed by atoms with Crippen LogP contribution in [0, 0.1) is 0 Å². The minimum atomic E-state index is -4.50. The molecule has 0 aliphatic heterocycles. The second kappa shape index (κ2) is 3.51. The number of hydrogen-bond acceptors (Lipinski definition) is 3. The Morgan fingerprint density at radius 2 is 2.14 bits per heavy atom. The van der Waals surface area contributed by atoms with Gasteiger partial charge in [0, 0.05) is 11.3 Å². The average Bonchev–Trinajstić information content (AvgIpc) is 2.45. The molecular weight excluding hydrogens is 215 g/mol. The lowest BCUT2D eigenvalue weighted by molar-refractivity contribution is -0.351. The summed E-state index contributed by atoms with van der Waals surface area (Å²) >= 11 is 1.46. The van der Waals surface area contributed by atoms with Crippen molar-refractivity contribution in [3.05, 3.63) is 16.6 Å². The van der Waals surface area contributed by atoms with E-state index in [4.69, 9.17) is 0 Å². The van der Waals surface area contributed by atoms with Crippen LogP contribution in [0.25, 0.3) is 0 Å². The minimum absolute atomic E-state index is 0.147. The van der Waals surface area contributed by atoms with Crippen molar-refractivity contribution in [2.45, 2.75) is 31.2 Å². The number of hydrogen-bond donors (Lipinski definition) is 0. The second-order valence-electron chi connectivity index (χ2n) is 3.27. The summed E-state index contributed by atoms with van der Waals surface area (Å²) in [6, 6.07) is 0. The minimum Gasteiger partial charge on any atom is -0.289 e. The van der Waals surface area contributed by atoms with Gasteiger partial charge in [-0.2, -0.15) is 0 Å². The van der Waals surface area contributed by atoms with Crippen LogP contribution >= 0.6 is 11.3 Å². The number of nitrogens with zero attached hydrogens (tertiary/aromatic N) is 1. The molecule has 1 aromatic heterocycles. The third kappa shape index (κ3) is 2.24. The number of aromatic nitrogens is 1. The quantitative estimate of drug-likeness (QED) is 0.769. The molecule has 0 amide bonds. The summed E-state index contributed by atoms with van der Waals surface area (Å²) in [6.07, 6.45) is -4.34. The summed E-state index contributed by atoms with van der Waals surface area (Å²) in [5, 5.41) is 1.87. The van der Waals surface area contributed by atoms with E-state index in [-0.39, 0.29) is 5.92 Å². The van der Waals surface area contributed by atoms with Gasteiger partial charge in [0.2, 0.25) is 0 Å². The molecule has 2 nitrogen and oxygen atoms in total. The Hall–Kier alpha value is -0.620. The van der Waals surface area contributed by atoms with E-state index in [1.54, 1.807) is 5.51 Å². The fourth-order valence-electron chi connectivity index (χ4n) is 1.52. The number of ether oxygens (including phenoxy) is 1. The van der Waals surface area contributed by atoms with Crippen LogP contribution < -0.4 is 0 Å². The largest absolute Gasteiger partial charge is 0.522 e. The lowest BCUT2D eigenvalue weighted by Crippen LogP contribution is -2.34. The van der Waals surface area contributed by atoms with Gasteiger partial charge in [0.25, 0.3) is 0 Å². The summed E-state index contributed by atoms with van der Waals surface area (Å²) in [4.78, 5) is 4.05. The Bertz CT molecular complexity index is 292. The predicted octanol–water partition coefficient (Wildman–Crippen LogP) is 2.93. The van der Waals surface area contributed by atoms with Crippen molar-refractivity contribution in [3.8, 4) is 0 Å². The van der Waals surface area contributed by atoms with Crippen LogP contribution in [0.3, 0.4) is 0 Å². The van der Waals surface area contributed by atoms with Crippen LogP contribution in [0.5, 0.6) is 0 Å². The molecule has 1 heterocycles. The van der Waals surface area contributed by atoms with Crippen LogP contribution in [-0.4, -0.2) is 17.5 Å². The molecule has 1 aliphatic rings. The van der Waals surface area contributed by atoms with E-state index in [9.17, 15) is 13.2 Å². The Labute approximate surface area is 82.7 Å². The first-order valence-corrected chi connectivity index (χ1v) is 5.11. The molecule has 2 rings (SSSR count). The van der Waals surface area contributed by atoms with Crippen molar-refractivity contribution in [3.63, 3.8) is 0 Å². The molecule has 78 valence electrons. The van der Waals surface area contributed by atoms with E-state index in [0.29, 0.717) is 12.8 Å². The summed E-state index contributed by atoms with van der Waals surface area (Å²) < 4.78 is 39.2. The normalized spacial score (nSPS) is 27.4. The molecule has 0 unspecified atom stereocenters. The van der Waals surface area contributed by atoms with Gasteiger partial charge >= 0.3 is 6.36 Å². The number of thiazole rings is 1. The van der Waals surface area contributed by atoms with Gasteiger partial charge in [-0.25, -0.2) is 4.98 Å². The Kier molecular flexibility index (Phi) is 2.48. The number of rotatable bonds is 2. The van der Waals surface area contributed by atoms with E-state index < -0.39 is 12.5 Å². The van der Waals surface area contributed by atoms with E-state index in [1.165, 1.54) is 11.3 Å². The van der Waals surface area contributed by atoms with Crippen LogP contribution in [0.2, 0.25) is 0 Å². The van der Waals surface area contributed by atoms with Crippen LogP contribution in [0.15, 0.2) is 10.9 Å². The van der Waals surface area contributed by atoms with Gasteiger partial charge in [-0.3, -0.25) is 4.74 Å². The smallest absolute Gasteiger partial charge is 0.289 e. The molecule has 1 aromatic rings. The highest BCUT2D eigenvalue weighted by atomic mass is 32.1.